The highest BCUT2D eigenvalue weighted by Crippen LogP contribution is 2.41. The first-order valence-electron chi connectivity index (χ1n) is 11.7. The van der Waals surface area contributed by atoms with Gasteiger partial charge in [0.2, 0.25) is 0 Å². The number of ether oxygens (including phenoxy) is 1. The zero-order valence-corrected chi connectivity index (χ0v) is 20.1. The fraction of sp³-hybridized carbons (Fsp3) is 0.519. The lowest BCUT2D eigenvalue weighted by molar-refractivity contribution is 0.0377. The third-order valence-corrected chi connectivity index (χ3v) is 6.43. The Morgan fingerprint density at radius 1 is 1.28 bits per heavy atom. The fourth-order valence-electron chi connectivity index (χ4n) is 4.15. The molecule has 1 aromatic carbocycles. The van der Waals surface area contributed by atoms with Gasteiger partial charge >= 0.3 is 6.09 Å². The van der Waals surface area contributed by atoms with Crippen molar-refractivity contribution < 1.29 is 9.53 Å². The van der Waals surface area contributed by atoms with E-state index in [1.54, 1.807) is 6.20 Å². The van der Waals surface area contributed by atoms with E-state index in [-0.39, 0.29) is 11.6 Å². The SMILES string of the molecule is C=C1/C=C\N=C[C@@H](C(C)CC)CC(c2ccc(C3(NC(=O)OC(C)(C)C)CCC3)cc2)=N1. The van der Waals surface area contributed by atoms with Crippen molar-refractivity contribution >= 4 is 18.0 Å². The smallest absolute Gasteiger partial charge is 0.408 e. The lowest BCUT2D eigenvalue weighted by Gasteiger charge is -2.43. The molecule has 1 aliphatic heterocycles. The Kier molecular flexibility index (Phi) is 7.37. The Morgan fingerprint density at radius 2 is 1.97 bits per heavy atom. The van der Waals surface area contributed by atoms with Gasteiger partial charge < -0.3 is 10.1 Å². The number of carbonyl (C=O) groups is 1. The monoisotopic (exact) mass is 435 g/mol. The Labute approximate surface area is 192 Å². The van der Waals surface area contributed by atoms with Gasteiger partial charge in [-0.25, -0.2) is 4.79 Å². The van der Waals surface area contributed by atoms with E-state index >= 15 is 0 Å². The van der Waals surface area contributed by atoms with Gasteiger partial charge in [0.1, 0.15) is 5.60 Å². The van der Waals surface area contributed by atoms with E-state index in [9.17, 15) is 4.79 Å². The van der Waals surface area contributed by atoms with E-state index in [1.165, 1.54) is 0 Å². The summed E-state index contributed by atoms with van der Waals surface area (Å²) in [7, 11) is 0. The molecule has 1 aliphatic carbocycles. The van der Waals surface area contributed by atoms with Gasteiger partial charge in [-0.1, -0.05) is 51.1 Å². The number of alkyl carbamates (subject to hydrolysis) is 1. The number of hydrogen-bond acceptors (Lipinski definition) is 4. The lowest BCUT2D eigenvalue weighted by Crippen LogP contribution is -2.52. The van der Waals surface area contributed by atoms with E-state index in [4.69, 9.17) is 9.73 Å². The first-order chi connectivity index (χ1) is 15.1. The number of rotatable bonds is 5. The van der Waals surface area contributed by atoms with Crippen LogP contribution in [0.2, 0.25) is 0 Å². The molecule has 0 aromatic heterocycles. The first-order valence-corrected chi connectivity index (χ1v) is 11.7. The van der Waals surface area contributed by atoms with E-state index in [1.807, 2.05) is 33.1 Å². The summed E-state index contributed by atoms with van der Waals surface area (Å²) in [6, 6.07) is 8.47. The number of nitrogens with zero attached hydrogens (tertiary/aromatic N) is 2. The van der Waals surface area contributed by atoms with Crippen molar-refractivity contribution in [1.29, 1.82) is 0 Å². The number of benzene rings is 1. The molecule has 2 atom stereocenters. The topological polar surface area (TPSA) is 63.0 Å². The summed E-state index contributed by atoms with van der Waals surface area (Å²) in [4.78, 5) is 21.7. The number of amides is 1. The quantitative estimate of drug-likeness (QED) is 0.570. The highest BCUT2D eigenvalue weighted by atomic mass is 16.6. The number of aliphatic imine (C=N–C) groups is 2. The van der Waals surface area contributed by atoms with Crippen LogP contribution in [0.15, 0.2) is 58.8 Å². The molecule has 5 nitrogen and oxygen atoms in total. The summed E-state index contributed by atoms with van der Waals surface area (Å²) in [5.74, 6) is 0.833. The Hall–Kier alpha value is -2.69. The average molecular weight is 436 g/mol. The van der Waals surface area contributed by atoms with Crippen LogP contribution in [0.5, 0.6) is 0 Å². The third kappa shape index (κ3) is 5.96. The Bertz CT molecular complexity index is 915. The van der Waals surface area contributed by atoms with Crippen molar-refractivity contribution in [2.24, 2.45) is 21.8 Å². The molecule has 1 fully saturated rings. The van der Waals surface area contributed by atoms with Crippen molar-refractivity contribution in [3.05, 3.63) is 59.9 Å². The summed E-state index contributed by atoms with van der Waals surface area (Å²) in [6.07, 6.45) is 10.1. The minimum Gasteiger partial charge on any atom is -0.444 e. The molecule has 0 spiro atoms. The molecule has 0 saturated heterocycles. The van der Waals surface area contributed by atoms with E-state index in [0.29, 0.717) is 17.5 Å². The molecule has 1 saturated carbocycles. The lowest BCUT2D eigenvalue weighted by atomic mass is 9.71. The van der Waals surface area contributed by atoms with Crippen LogP contribution in [0.3, 0.4) is 0 Å². The first kappa shape index (κ1) is 24.0. The summed E-state index contributed by atoms with van der Waals surface area (Å²) < 4.78 is 5.51. The number of hydrogen-bond donors (Lipinski definition) is 1. The summed E-state index contributed by atoms with van der Waals surface area (Å²) in [5, 5.41) is 3.13. The van der Waals surface area contributed by atoms with Crippen LogP contribution >= 0.6 is 0 Å². The second kappa shape index (κ2) is 9.85. The maximum absolute atomic E-state index is 12.4. The highest BCUT2D eigenvalue weighted by molar-refractivity contribution is 6.02. The molecule has 3 rings (SSSR count). The second-order valence-corrected chi connectivity index (χ2v) is 10.1. The molecule has 1 heterocycles. The van der Waals surface area contributed by atoms with E-state index in [0.717, 1.165) is 48.9 Å². The van der Waals surface area contributed by atoms with Crippen LogP contribution in [0.4, 0.5) is 4.79 Å². The van der Waals surface area contributed by atoms with Gasteiger partial charge in [-0.15, -0.1) is 0 Å². The molecule has 5 heteroatoms. The van der Waals surface area contributed by atoms with Crippen LogP contribution in [0.1, 0.15) is 77.8 Å². The van der Waals surface area contributed by atoms with Gasteiger partial charge in [-0.3, -0.25) is 9.98 Å². The van der Waals surface area contributed by atoms with Crippen LogP contribution in [0.25, 0.3) is 0 Å². The molecule has 0 bridgehead atoms. The Morgan fingerprint density at radius 3 is 2.53 bits per heavy atom. The van der Waals surface area contributed by atoms with Crippen molar-refractivity contribution in [2.45, 2.75) is 77.9 Å². The normalized spacial score (nSPS) is 22.5. The predicted octanol–water partition coefficient (Wildman–Crippen LogP) is 6.54. The number of nitrogens with one attached hydrogen (secondary N) is 1. The third-order valence-electron chi connectivity index (χ3n) is 6.43. The molecule has 172 valence electrons. The van der Waals surface area contributed by atoms with Gasteiger partial charge in [-0.2, -0.15) is 0 Å². The van der Waals surface area contributed by atoms with E-state index < -0.39 is 5.60 Å². The standard InChI is InChI=1S/C27H37N3O2/c1-7-19(2)22-17-24(29-20(3)13-16-28-18-22)21-9-11-23(12-10-21)27(14-8-15-27)30-25(31)32-26(4,5)6/h9-13,16,18-19,22H,3,7-8,14-15,17H2,1-2,4-6H3,(H,30,31)/b16-13-,28-18?,29-24?/t19?,22-/m0/s1. The molecule has 1 unspecified atom stereocenters. The highest BCUT2D eigenvalue weighted by Gasteiger charge is 2.41. The zero-order valence-electron chi connectivity index (χ0n) is 20.1. The number of carbonyl (C=O) groups excluding carboxylic acids is 1. The van der Waals surface area contributed by atoms with Gasteiger partial charge in [0.15, 0.2) is 0 Å². The second-order valence-electron chi connectivity index (χ2n) is 10.1. The van der Waals surface area contributed by atoms with Gasteiger partial charge in [-0.05, 0) is 69.6 Å². The molecule has 32 heavy (non-hydrogen) atoms. The molecular formula is C27H37N3O2. The summed E-state index contributed by atoms with van der Waals surface area (Å²) in [6.45, 7) is 14.2. The molecule has 0 radical (unpaired) electrons. The molecule has 1 N–H and O–H groups in total. The zero-order chi connectivity index (χ0) is 23.4. The number of allylic oxidation sites excluding steroid dienone is 1. The van der Waals surface area contributed by atoms with Gasteiger partial charge in [0.05, 0.1) is 11.2 Å². The minimum atomic E-state index is -0.514. The van der Waals surface area contributed by atoms with Crippen LogP contribution < -0.4 is 5.32 Å². The van der Waals surface area contributed by atoms with Crippen molar-refractivity contribution in [3.8, 4) is 0 Å². The maximum atomic E-state index is 12.4. The van der Waals surface area contributed by atoms with Gasteiger partial charge in [0.25, 0.3) is 0 Å². The van der Waals surface area contributed by atoms with Crippen molar-refractivity contribution in [1.82, 2.24) is 5.32 Å². The molecular weight excluding hydrogens is 398 g/mol. The van der Waals surface area contributed by atoms with Crippen molar-refractivity contribution in [3.63, 3.8) is 0 Å². The fourth-order valence-corrected chi connectivity index (χ4v) is 4.15. The largest absolute Gasteiger partial charge is 0.444 e. The van der Waals surface area contributed by atoms with Gasteiger partial charge in [0, 0.05) is 24.0 Å². The van der Waals surface area contributed by atoms with E-state index in [2.05, 4.69) is 55.0 Å². The minimum absolute atomic E-state index is 0.320. The van der Waals surface area contributed by atoms with Crippen LogP contribution in [-0.4, -0.2) is 23.6 Å². The molecule has 2 aliphatic rings. The van der Waals surface area contributed by atoms with Crippen LogP contribution in [0, 0.1) is 11.8 Å². The van der Waals surface area contributed by atoms with Crippen molar-refractivity contribution in [2.75, 3.05) is 0 Å². The summed E-state index contributed by atoms with van der Waals surface area (Å²) in [5.41, 5.74) is 3.06. The maximum Gasteiger partial charge on any atom is 0.408 e. The average Bonchev–Trinajstić information content (AvgIpc) is 2.79. The Balaban J connectivity index is 1.83. The predicted molar refractivity (Wildman–Crippen MR) is 132 cm³/mol. The summed E-state index contributed by atoms with van der Waals surface area (Å²) >= 11 is 0. The molecule has 1 amide bonds. The molecule has 1 aromatic rings. The van der Waals surface area contributed by atoms with Crippen LogP contribution in [-0.2, 0) is 10.3 Å².